The van der Waals surface area contributed by atoms with Gasteiger partial charge in [-0.15, -0.1) is 11.3 Å². The maximum atomic E-state index is 12.5. The summed E-state index contributed by atoms with van der Waals surface area (Å²) in [7, 11) is 0. The highest BCUT2D eigenvalue weighted by atomic mass is 35.5. The Balaban J connectivity index is 1.82. The molecular weight excluding hydrogens is 304 g/mol. The zero-order valence-electron chi connectivity index (χ0n) is 11.8. The number of hydrogen-bond donors (Lipinski definition) is 2. The monoisotopic (exact) mass is 322 g/mol. The van der Waals surface area contributed by atoms with E-state index in [0.29, 0.717) is 15.6 Å². The summed E-state index contributed by atoms with van der Waals surface area (Å²) in [4.78, 5) is 13.1. The van der Waals surface area contributed by atoms with Gasteiger partial charge in [-0.3, -0.25) is 4.79 Å². The van der Waals surface area contributed by atoms with Gasteiger partial charge in [-0.1, -0.05) is 37.3 Å². The molecule has 0 unspecified atom stereocenters. The minimum atomic E-state index is -0.0447. The van der Waals surface area contributed by atoms with Crippen molar-refractivity contribution in [1.29, 1.82) is 0 Å². The normalized spacial score (nSPS) is 16.8. The van der Waals surface area contributed by atoms with Gasteiger partial charge in [0.15, 0.2) is 0 Å². The molecule has 0 spiro atoms. The molecule has 112 valence electrons. The van der Waals surface area contributed by atoms with Gasteiger partial charge in [0.25, 0.3) is 5.91 Å². The fourth-order valence-corrected chi connectivity index (χ4v) is 4.11. The smallest absolute Gasteiger partial charge is 0.263 e. The predicted molar refractivity (Wildman–Crippen MR) is 90.2 cm³/mol. The van der Waals surface area contributed by atoms with Crippen LogP contribution in [0.3, 0.4) is 0 Å². The van der Waals surface area contributed by atoms with E-state index in [2.05, 4.69) is 5.32 Å². The van der Waals surface area contributed by atoms with Crippen LogP contribution in [0.4, 0.5) is 5.69 Å². The predicted octanol–water partition coefficient (Wildman–Crippen LogP) is 4.59. The standard InChI is InChI=1S/C16H19ClN2OS/c17-10-7-8-13-12(9-10)14(18)15(21-13)16(20)19-11-5-3-1-2-4-6-11/h7-9,11H,1-6,18H2,(H,19,20). The number of hydrogen-bond acceptors (Lipinski definition) is 3. The number of thiophene rings is 1. The molecule has 1 saturated carbocycles. The Hall–Kier alpha value is -1.26. The van der Waals surface area contributed by atoms with Crippen LogP contribution in [-0.4, -0.2) is 11.9 Å². The molecule has 3 nitrogen and oxygen atoms in total. The highest BCUT2D eigenvalue weighted by Crippen LogP contribution is 2.35. The zero-order chi connectivity index (χ0) is 14.8. The first-order valence-corrected chi connectivity index (χ1v) is 8.63. The number of nitrogens with two attached hydrogens (primary N) is 1. The molecule has 3 N–H and O–H groups in total. The van der Waals surface area contributed by atoms with E-state index in [1.807, 2.05) is 18.2 Å². The van der Waals surface area contributed by atoms with Crippen LogP contribution in [-0.2, 0) is 0 Å². The molecule has 0 bridgehead atoms. The minimum Gasteiger partial charge on any atom is -0.397 e. The van der Waals surface area contributed by atoms with Crippen LogP contribution in [0.1, 0.15) is 48.2 Å². The topological polar surface area (TPSA) is 55.1 Å². The maximum Gasteiger partial charge on any atom is 0.263 e. The van der Waals surface area contributed by atoms with Crippen LogP contribution in [0.25, 0.3) is 10.1 Å². The number of fused-ring (bicyclic) bond motifs is 1. The first-order chi connectivity index (χ1) is 10.1. The highest BCUT2D eigenvalue weighted by molar-refractivity contribution is 7.21. The van der Waals surface area contributed by atoms with Gasteiger partial charge in [-0.25, -0.2) is 0 Å². The van der Waals surface area contributed by atoms with E-state index in [9.17, 15) is 4.79 Å². The van der Waals surface area contributed by atoms with Gasteiger partial charge in [0.05, 0.1) is 5.69 Å². The fraction of sp³-hybridized carbons (Fsp3) is 0.438. The lowest BCUT2D eigenvalue weighted by molar-refractivity contribution is 0.0938. The van der Waals surface area contributed by atoms with Gasteiger partial charge < -0.3 is 11.1 Å². The van der Waals surface area contributed by atoms with Gasteiger partial charge >= 0.3 is 0 Å². The lowest BCUT2D eigenvalue weighted by Gasteiger charge is -2.15. The van der Waals surface area contributed by atoms with Crippen LogP contribution in [0.2, 0.25) is 5.02 Å². The number of carbonyl (C=O) groups excluding carboxylic acids is 1. The number of nitrogens with one attached hydrogen (secondary N) is 1. The van der Waals surface area contributed by atoms with E-state index in [-0.39, 0.29) is 11.9 Å². The largest absolute Gasteiger partial charge is 0.397 e. The second kappa shape index (κ2) is 6.24. The molecule has 1 aliphatic rings. The summed E-state index contributed by atoms with van der Waals surface area (Å²) in [6.07, 6.45) is 7.08. The van der Waals surface area contributed by atoms with E-state index >= 15 is 0 Å². The number of nitrogen functional groups attached to an aromatic ring is 1. The van der Waals surface area contributed by atoms with Gasteiger partial charge in [0.2, 0.25) is 0 Å². The maximum absolute atomic E-state index is 12.5. The van der Waals surface area contributed by atoms with E-state index in [1.54, 1.807) is 0 Å². The number of halogens is 1. The summed E-state index contributed by atoms with van der Waals surface area (Å²) >= 11 is 7.44. The van der Waals surface area contributed by atoms with Crippen molar-refractivity contribution in [3.05, 3.63) is 28.1 Å². The second-order valence-electron chi connectivity index (χ2n) is 5.65. The quantitative estimate of drug-likeness (QED) is 0.794. The molecule has 0 radical (unpaired) electrons. The molecule has 0 saturated heterocycles. The van der Waals surface area contributed by atoms with Gasteiger partial charge in [-0.2, -0.15) is 0 Å². The van der Waals surface area contributed by atoms with Gasteiger partial charge in [0.1, 0.15) is 4.88 Å². The highest BCUT2D eigenvalue weighted by Gasteiger charge is 2.20. The Morgan fingerprint density at radius 2 is 1.95 bits per heavy atom. The van der Waals surface area contributed by atoms with Gasteiger partial charge in [-0.05, 0) is 31.0 Å². The van der Waals surface area contributed by atoms with Crippen molar-refractivity contribution < 1.29 is 4.79 Å². The SMILES string of the molecule is Nc1c(C(=O)NC2CCCCCC2)sc2ccc(Cl)cc12. The lowest BCUT2D eigenvalue weighted by Crippen LogP contribution is -2.34. The third kappa shape index (κ3) is 3.16. The molecule has 1 aromatic heterocycles. The summed E-state index contributed by atoms with van der Waals surface area (Å²) in [5.41, 5.74) is 6.68. The second-order valence-corrected chi connectivity index (χ2v) is 7.14. The van der Waals surface area contributed by atoms with Crippen molar-refractivity contribution >= 4 is 44.6 Å². The first kappa shape index (κ1) is 14.7. The summed E-state index contributed by atoms with van der Waals surface area (Å²) < 4.78 is 1.00. The molecular formula is C16H19ClN2OS. The third-order valence-electron chi connectivity index (χ3n) is 4.09. The molecule has 0 aliphatic heterocycles. The Kier molecular flexibility index (Phi) is 4.36. The molecule has 1 amide bonds. The van der Waals surface area contributed by atoms with Crippen molar-refractivity contribution in [3.8, 4) is 0 Å². The number of rotatable bonds is 2. The van der Waals surface area contributed by atoms with Crippen molar-refractivity contribution in [1.82, 2.24) is 5.32 Å². The van der Waals surface area contributed by atoms with Crippen molar-refractivity contribution in [3.63, 3.8) is 0 Å². The molecule has 1 aromatic carbocycles. The average molecular weight is 323 g/mol. The average Bonchev–Trinajstić information content (AvgIpc) is 2.65. The Morgan fingerprint density at radius 3 is 2.67 bits per heavy atom. The van der Waals surface area contributed by atoms with Gasteiger partial charge in [0, 0.05) is 21.2 Å². The van der Waals surface area contributed by atoms with Crippen LogP contribution in [0, 0.1) is 0 Å². The molecule has 5 heteroatoms. The molecule has 1 aliphatic carbocycles. The summed E-state index contributed by atoms with van der Waals surface area (Å²) in [6.45, 7) is 0. The molecule has 2 aromatic rings. The van der Waals surface area contributed by atoms with E-state index < -0.39 is 0 Å². The van der Waals surface area contributed by atoms with Crippen LogP contribution < -0.4 is 11.1 Å². The van der Waals surface area contributed by atoms with Crippen molar-refractivity contribution in [2.75, 3.05) is 5.73 Å². The number of carbonyl (C=O) groups is 1. The molecule has 1 heterocycles. The number of benzene rings is 1. The molecule has 1 fully saturated rings. The minimum absolute atomic E-state index is 0.0447. The molecule has 21 heavy (non-hydrogen) atoms. The van der Waals surface area contributed by atoms with E-state index in [0.717, 1.165) is 22.9 Å². The Bertz CT molecular complexity index is 660. The fourth-order valence-electron chi connectivity index (χ4n) is 2.93. The Morgan fingerprint density at radius 1 is 1.24 bits per heavy atom. The third-order valence-corrected chi connectivity index (χ3v) is 5.51. The summed E-state index contributed by atoms with van der Waals surface area (Å²) in [5, 5.41) is 4.67. The van der Waals surface area contributed by atoms with Crippen LogP contribution >= 0.6 is 22.9 Å². The lowest BCUT2D eigenvalue weighted by atomic mass is 10.1. The van der Waals surface area contributed by atoms with Crippen LogP contribution in [0.5, 0.6) is 0 Å². The number of amides is 1. The summed E-state index contributed by atoms with van der Waals surface area (Å²) in [5.74, 6) is -0.0447. The number of anilines is 1. The Labute approximate surface area is 133 Å². The molecule has 3 rings (SSSR count). The molecule has 0 atom stereocenters. The van der Waals surface area contributed by atoms with Crippen molar-refractivity contribution in [2.45, 2.75) is 44.6 Å². The van der Waals surface area contributed by atoms with Crippen molar-refractivity contribution in [2.24, 2.45) is 0 Å². The summed E-state index contributed by atoms with van der Waals surface area (Å²) in [6, 6.07) is 5.85. The van der Waals surface area contributed by atoms with E-state index in [4.69, 9.17) is 17.3 Å². The zero-order valence-corrected chi connectivity index (χ0v) is 13.4. The first-order valence-electron chi connectivity index (χ1n) is 7.43. The van der Waals surface area contributed by atoms with E-state index in [1.165, 1.54) is 37.0 Å². The van der Waals surface area contributed by atoms with Crippen LogP contribution in [0.15, 0.2) is 18.2 Å².